The maximum Gasteiger partial charge on any atom is 0.416 e. The first-order chi connectivity index (χ1) is 13.1. The Morgan fingerprint density at radius 2 is 1.68 bits per heavy atom. The number of sulfonamides is 1. The summed E-state index contributed by atoms with van der Waals surface area (Å²) in [6.45, 7) is 1.68. The lowest BCUT2D eigenvalue weighted by molar-refractivity contribution is -0.137. The maximum atomic E-state index is 12.7. The first-order valence-corrected chi connectivity index (χ1v) is 10.1. The number of nitrogens with one attached hydrogen (secondary N) is 3. The monoisotopic (exact) mass is 415 g/mol. The van der Waals surface area contributed by atoms with Crippen molar-refractivity contribution in [3.63, 3.8) is 0 Å². The normalized spacial score (nSPS) is 11.7. The molecule has 2 aromatic rings. The van der Waals surface area contributed by atoms with E-state index in [1.807, 2.05) is 0 Å². The quantitative estimate of drug-likeness (QED) is 0.634. The van der Waals surface area contributed by atoms with E-state index in [1.165, 1.54) is 36.4 Å². The number of halogens is 3. The molecule has 3 N–H and O–H groups in total. The van der Waals surface area contributed by atoms with Gasteiger partial charge in [-0.1, -0.05) is 19.1 Å². The molecular weight excluding hydrogens is 395 g/mol. The Morgan fingerprint density at radius 1 is 1.04 bits per heavy atom. The number of hydrogen-bond donors (Lipinski definition) is 3. The van der Waals surface area contributed by atoms with Gasteiger partial charge in [-0.25, -0.2) is 13.2 Å². The highest BCUT2D eigenvalue weighted by molar-refractivity contribution is 7.92. The molecule has 0 bridgehead atoms. The Bertz CT molecular complexity index is 914. The van der Waals surface area contributed by atoms with Gasteiger partial charge in [-0.15, -0.1) is 0 Å². The fourth-order valence-electron chi connectivity index (χ4n) is 2.34. The largest absolute Gasteiger partial charge is 0.416 e. The lowest BCUT2D eigenvalue weighted by Gasteiger charge is -2.11. The molecule has 2 aromatic carbocycles. The van der Waals surface area contributed by atoms with Crippen LogP contribution in [-0.2, 0) is 22.7 Å². The van der Waals surface area contributed by atoms with E-state index in [9.17, 15) is 26.4 Å². The number of amides is 2. The number of carbonyl (C=O) groups excluding carboxylic acids is 1. The summed E-state index contributed by atoms with van der Waals surface area (Å²) < 4.78 is 63.9. The number of hydrogen-bond acceptors (Lipinski definition) is 3. The summed E-state index contributed by atoms with van der Waals surface area (Å²) in [7, 11) is -3.40. The number of urea groups is 1. The van der Waals surface area contributed by atoms with Gasteiger partial charge in [0.1, 0.15) is 0 Å². The summed E-state index contributed by atoms with van der Waals surface area (Å²) in [5.74, 6) is 0.00491. The van der Waals surface area contributed by atoms with Crippen LogP contribution in [0.5, 0.6) is 0 Å². The fraction of sp³-hybridized carbons (Fsp3) is 0.278. The zero-order valence-electron chi connectivity index (χ0n) is 15.0. The molecule has 10 heteroatoms. The molecule has 0 aromatic heterocycles. The predicted octanol–water partition coefficient (Wildman–Crippen LogP) is 4.18. The van der Waals surface area contributed by atoms with Gasteiger partial charge >= 0.3 is 12.2 Å². The van der Waals surface area contributed by atoms with Crippen LogP contribution in [0, 0.1) is 0 Å². The Labute approximate surface area is 161 Å². The zero-order valence-corrected chi connectivity index (χ0v) is 15.8. The standard InChI is InChI=1S/C18H20F3N3O3S/c1-2-10-28(26,27)24-16-8-6-15(7-9-16)23-17(25)22-12-13-4-3-5-14(11-13)18(19,20)21/h3-9,11,24H,2,10,12H2,1H3,(H2,22,23,25). The van der Waals surface area contributed by atoms with Crippen molar-refractivity contribution in [2.24, 2.45) is 0 Å². The second-order valence-corrected chi connectivity index (χ2v) is 7.85. The highest BCUT2D eigenvalue weighted by Gasteiger charge is 2.30. The van der Waals surface area contributed by atoms with Gasteiger partial charge in [0.15, 0.2) is 0 Å². The molecule has 0 aliphatic heterocycles. The van der Waals surface area contributed by atoms with Crippen molar-refractivity contribution in [3.05, 3.63) is 59.7 Å². The van der Waals surface area contributed by atoms with Crippen molar-refractivity contribution >= 4 is 27.4 Å². The predicted molar refractivity (Wildman–Crippen MR) is 101 cm³/mol. The molecular formula is C18H20F3N3O3S. The summed E-state index contributed by atoms with van der Waals surface area (Å²) in [5.41, 5.74) is 0.294. The van der Waals surface area contributed by atoms with Crippen LogP contribution in [-0.4, -0.2) is 20.2 Å². The van der Waals surface area contributed by atoms with Gasteiger partial charge in [0.2, 0.25) is 10.0 Å². The van der Waals surface area contributed by atoms with E-state index in [1.54, 1.807) is 6.92 Å². The van der Waals surface area contributed by atoms with Gasteiger partial charge in [0.25, 0.3) is 0 Å². The number of anilines is 2. The number of alkyl halides is 3. The third-order valence-corrected chi connectivity index (χ3v) is 5.09. The minimum atomic E-state index is -4.45. The van der Waals surface area contributed by atoms with Crippen LogP contribution in [0.15, 0.2) is 48.5 Å². The number of benzene rings is 2. The number of rotatable bonds is 7. The molecule has 0 aliphatic rings. The summed E-state index contributed by atoms with van der Waals surface area (Å²) >= 11 is 0. The van der Waals surface area contributed by atoms with Crippen molar-refractivity contribution in [3.8, 4) is 0 Å². The minimum Gasteiger partial charge on any atom is -0.334 e. The minimum absolute atomic E-state index is 0.00491. The smallest absolute Gasteiger partial charge is 0.334 e. The molecule has 2 amide bonds. The van der Waals surface area contributed by atoms with Crippen LogP contribution in [0.25, 0.3) is 0 Å². The molecule has 6 nitrogen and oxygen atoms in total. The summed E-state index contributed by atoms with van der Waals surface area (Å²) in [6, 6.07) is 10.1. The summed E-state index contributed by atoms with van der Waals surface area (Å²) in [4.78, 5) is 11.9. The molecule has 0 aliphatic carbocycles. The Kier molecular flexibility index (Phi) is 6.90. The second-order valence-electron chi connectivity index (χ2n) is 6.00. The highest BCUT2D eigenvalue weighted by Crippen LogP contribution is 2.29. The van der Waals surface area contributed by atoms with Gasteiger partial charge in [0, 0.05) is 17.9 Å². The highest BCUT2D eigenvalue weighted by atomic mass is 32.2. The molecule has 0 atom stereocenters. The first-order valence-electron chi connectivity index (χ1n) is 8.40. The molecule has 0 saturated heterocycles. The van der Waals surface area contributed by atoms with Gasteiger partial charge < -0.3 is 10.6 Å². The van der Waals surface area contributed by atoms with E-state index < -0.39 is 27.8 Å². The molecule has 152 valence electrons. The van der Waals surface area contributed by atoms with Crippen LogP contribution in [0.4, 0.5) is 29.3 Å². The molecule has 2 rings (SSSR count). The van der Waals surface area contributed by atoms with Crippen LogP contribution >= 0.6 is 0 Å². The third-order valence-electron chi connectivity index (χ3n) is 3.60. The molecule has 0 heterocycles. The fourth-order valence-corrected chi connectivity index (χ4v) is 3.47. The number of carbonyl (C=O) groups is 1. The average molecular weight is 415 g/mol. The summed E-state index contributed by atoms with van der Waals surface area (Å²) in [6.07, 6.45) is -3.96. The third kappa shape index (κ3) is 6.76. The van der Waals surface area contributed by atoms with Gasteiger partial charge in [-0.05, 0) is 48.4 Å². The van der Waals surface area contributed by atoms with Crippen LogP contribution in [0.2, 0.25) is 0 Å². The molecule has 28 heavy (non-hydrogen) atoms. The SMILES string of the molecule is CCCS(=O)(=O)Nc1ccc(NC(=O)NCc2cccc(C(F)(F)F)c2)cc1. The van der Waals surface area contributed by atoms with Gasteiger partial charge in [-0.2, -0.15) is 13.2 Å². The topological polar surface area (TPSA) is 87.3 Å². The van der Waals surface area contributed by atoms with Crippen molar-refractivity contribution in [1.82, 2.24) is 5.32 Å². The Hall–Kier alpha value is -2.75. The second kappa shape index (κ2) is 8.96. The van der Waals surface area contributed by atoms with E-state index >= 15 is 0 Å². The van der Waals surface area contributed by atoms with Gasteiger partial charge in [0.05, 0.1) is 11.3 Å². The zero-order chi connectivity index (χ0) is 20.8. The lowest BCUT2D eigenvalue weighted by Crippen LogP contribution is -2.28. The van der Waals surface area contributed by atoms with Gasteiger partial charge in [-0.3, -0.25) is 4.72 Å². The van der Waals surface area contributed by atoms with Crippen molar-refractivity contribution in [1.29, 1.82) is 0 Å². The molecule has 0 fully saturated rings. The maximum absolute atomic E-state index is 12.7. The van der Waals surface area contributed by atoms with Crippen LogP contribution < -0.4 is 15.4 Å². The first kappa shape index (κ1) is 21.5. The van der Waals surface area contributed by atoms with Crippen LogP contribution in [0.3, 0.4) is 0 Å². The lowest BCUT2D eigenvalue weighted by atomic mass is 10.1. The molecule has 0 unspecified atom stereocenters. The van der Waals surface area contributed by atoms with E-state index in [0.717, 1.165) is 12.1 Å². The van der Waals surface area contributed by atoms with Crippen molar-refractivity contribution in [2.45, 2.75) is 26.1 Å². The van der Waals surface area contributed by atoms with E-state index in [4.69, 9.17) is 0 Å². The Morgan fingerprint density at radius 3 is 2.29 bits per heavy atom. The van der Waals surface area contributed by atoms with Crippen molar-refractivity contribution < 1.29 is 26.4 Å². The van der Waals surface area contributed by atoms with E-state index in [-0.39, 0.29) is 12.3 Å². The van der Waals surface area contributed by atoms with E-state index in [2.05, 4.69) is 15.4 Å². The van der Waals surface area contributed by atoms with Crippen LogP contribution in [0.1, 0.15) is 24.5 Å². The molecule has 0 spiro atoms. The summed E-state index contributed by atoms with van der Waals surface area (Å²) in [5, 5.41) is 4.99. The Balaban J connectivity index is 1.90. The van der Waals surface area contributed by atoms with E-state index in [0.29, 0.717) is 23.4 Å². The van der Waals surface area contributed by atoms with Crippen molar-refractivity contribution in [2.75, 3.05) is 15.8 Å². The average Bonchev–Trinajstić information content (AvgIpc) is 2.61. The molecule has 0 saturated carbocycles. The molecule has 0 radical (unpaired) electrons.